The lowest BCUT2D eigenvalue weighted by molar-refractivity contribution is 0.209. The van der Waals surface area contributed by atoms with Gasteiger partial charge in [0.2, 0.25) is 10.0 Å². The smallest absolute Gasteiger partial charge is 0.308 e. The summed E-state index contributed by atoms with van der Waals surface area (Å²) in [5, 5.41) is 0. The van der Waals surface area contributed by atoms with Crippen molar-refractivity contribution in [2.24, 2.45) is 0 Å². The van der Waals surface area contributed by atoms with Gasteiger partial charge in [0, 0.05) is 26.7 Å². The van der Waals surface area contributed by atoms with Crippen molar-refractivity contribution in [1.29, 1.82) is 0 Å². The molecule has 0 spiro atoms. The Hall–Kier alpha value is -1.54. The summed E-state index contributed by atoms with van der Waals surface area (Å²) >= 11 is 0. The van der Waals surface area contributed by atoms with Crippen LogP contribution in [-0.4, -0.2) is 56.5 Å². The van der Waals surface area contributed by atoms with Crippen molar-refractivity contribution in [3.05, 3.63) is 71.8 Å². The van der Waals surface area contributed by atoms with E-state index < -0.39 is 22.6 Å². The quantitative estimate of drug-likeness (QED) is 0.411. The molecule has 0 saturated carbocycles. The molecule has 0 fully saturated rings. The fourth-order valence-electron chi connectivity index (χ4n) is 3.29. The molecule has 0 aromatic heterocycles. The van der Waals surface area contributed by atoms with Crippen LogP contribution in [0.2, 0.25) is 0 Å². The molecule has 0 amide bonds. The maximum atomic E-state index is 13.6. The Balaban J connectivity index is 2.33. The first kappa shape index (κ1) is 25.7. The van der Waals surface area contributed by atoms with E-state index in [-0.39, 0.29) is 26.3 Å². The first-order chi connectivity index (χ1) is 14.7. The molecule has 2 aromatic rings. The van der Waals surface area contributed by atoms with Crippen molar-refractivity contribution < 1.29 is 22.0 Å². The molecule has 9 heteroatoms. The van der Waals surface area contributed by atoms with Gasteiger partial charge in [0.05, 0.1) is 13.2 Å². The van der Waals surface area contributed by atoms with Crippen molar-refractivity contribution in [3.63, 3.8) is 0 Å². The van der Waals surface area contributed by atoms with Crippen LogP contribution >= 0.6 is 7.60 Å². The van der Waals surface area contributed by atoms with Gasteiger partial charge in [-0.05, 0) is 32.0 Å². The maximum Gasteiger partial charge on any atom is 0.351 e. The van der Waals surface area contributed by atoms with Crippen LogP contribution in [0, 0.1) is 0 Å². The first-order valence-electron chi connectivity index (χ1n) is 10.3. The van der Waals surface area contributed by atoms with Gasteiger partial charge in [-0.25, -0.2) is 8.42 Å². The Kier molecular flexibility index (Phi) is 9.88. The third-order valence-electron chi connectivity index (χ3n) is 4.76. The second kappa shape index (κ2) is 11.9. The molecule has 0 bridgehead atoms. The molecule has 2 aromatic carbocycles. The topological polar surface area (TPSA) is 76.1 Å². The van der Waals surface area contributed by atoms with Crippen LogP contribution < -0.4 is 0 Å². The molecule has 0 aliphatic rings. The van der Waals surface area contributed by atoms with Crippen LogP contribution in [0.15, 0.2) is 60.7 Å². The SMILES string of the molecule is CCOP(=O)(OCC)C(CN(C)Cc1ccccc1)S(=O)(=O)N(C)Cc1ccccc1. The lowest BCUT2D eigenvalue weighted by atomic mass is 10.2. The number of rotatable bonds is 13. The highest BCUT2D eigenvalue weighted by atomic mass is 32.2. The van der Waals surface area contributed by atoms with Crippen LogP contribution in [0.25, 0.3) is 0 Å². The largest absolute Gasteiger partial charge is 0.351 e. The zero-order valence-electron chi connectivity index (χ0n) is 18.7. The van der Waals surface area contributed by atoms with Crippen molar-refractivity contribution in [1.82, 2.24) is 9.21 Å². The lowest BCUT2D eigenvalue weighted by Crippen LogP contribution is -2.42. The second-order valence-electron chi connectivity index (χ2n) is 7.30. The van der Waals surface area contributed by atoms with Gasteiger partial charge >= 0.3 is 7.60 Å². The molecule has 1 unspecified atom stereocenters. The van der Waals surface area contributed by atoms with Gasteiger partial charge in [0.15, 0.2) is 4.99 Å². The first-order valence-corrected chi connectivity index (χ1v) is 13.4. The molecule has 0 aliphatic carbocycles. The van der Waals surface area contributed by atoms with E-state index in [1.165, 1.54) is 11.4 Å². The van der Waals surface area contributed by atoms with E-state index in [0.717, 1.165) is 11.1 Å². The summed E-state index contributed by atoms with van der Waals surface area (Å²) in [4.78, 5) is 0.487. The average molecular weight is 469 g/mol. The molecule has 2 rings (SSSR count). The summed E-state index contributed by atoms with van der Waals surface area (Å²) in [7, 11) is -4.65. The minimum absolute atomic E-state index is 0.00757. The molecule has 7 nitrogen and oxygen atoms in total. The zero-order chi connectivity index (χ0) is 22.9. The van der Waals surface area contributed by atoms with Crippen LogP contribution in [0.4, 0.5) is 0 Å². The number of sulfonamides is 1. The Morgan fingerprint density at radius 2 is 1.29 bits per heavy atom. The van der Waals surface area contributed by atoms with Gasteiger partial charge in [-0.1, -0.05) is 60.7 Å². The number of nitrogens with zero attached hydrogens (tertiary/aromatic N) is 2. The summed E-state index contributed by atoms with van der Waals surface area (Å²) in [6, 6.07) is 19.0. The molecule has 1 atom stereocenters. The van der Waals surface area contributed by atoms with Crippen molar-refractivity contribution in [2.45, 2.75) is 31.9 Å². The van der Waals surface area contributed by atoms with Crippen molar-refractivity contribution in [3.8, 4) is 0 Å². The fourth-order valence-corrected chi connectivity index (χ4v) is 8.23. The molecule has 0 radical (unpaired) electrons. The summed E-state index contributed by atoms with van der Waals surface area (Å²) < 4.78 is 53.0. The van der Waals surface area contributed by atoms with Crippen molar-refractivity contribution >= 4 is 17.6 Å². The number of benzene rings is 2. The van der Waals surface area contributed by atoms with E-state index in [4.69, 9.17) is 9.05 Å². The van der Waals surface area contributed by atoms with E-state index in [1.807, 2.05) is 65.6 Å². The van der Waals surface area contributed by atoms with Crippen LogP contribution in [0.1, 0.15) is 25.0 Å². The van der Waals surface area contributed by atoms with Gasteiger partial charge in [-0.2, -0.15) is 4.31 Å². The number of hydrogen-bond donors (Lipinski definition) is 0. The minimum Gasteiger partial charge on any atom is -0.308 e. The predicted molar refractivity (Wildman–Crippen MR) is 124 cm³/mol. The molecule has 0 heterocycles. The van der Waals surface area contributed by atoms with E-state index >= 15 is 0 Å². The Labute approximate surface area is 186 Å². The monoisotopic (exact) mass is 468 g/mol. The van der Waals surface area contributed by atoms with E-state index in [2.05, 4.69) is 0 Å². The van der Waals surface area contributed by atoms with E-state index in [9.17, 15) is 13.0 Å². The zero-order valence-corrected chi connectivity index (χ0v) is 20.4. The van der Waals surface area contributed by atoms with Crippen LogP contribution in [0.3, 0.4) is 0 Å². The molecular formula is C22H33N2O5PS. The van der Waals surface area contributed by atoms with E-state index in [0.29, 0.717) is 6.54 Å². The summed E-state index contributed by atoms with van der Waals surface area (Å²) in [6.07, 6.45) is 0. The van der Waals surface area contributed by atoms with Gasteiger partial charge in [-0.3, -0.25) is 4.57 Å². The average Bonchev–Trinajstić information content (AvgIpc) is 2.73. The van der Waals surface area contributed by atoms with Crippen molar-refractivity contribution in [2.75, 3.05) is 33.9 Å². The Morgan fingerprint density at radius 3 is 1.74 bits per heavy atom. The Bertz CT molecular complexity index is 931. The Morgan fingerprint density at radius 1 is 0.839 bits per heavy atom. The maximum absolute atomic E-state index is 13.6. The molecular weight excluding hydrogens is 435 g/mol. The highest BCUT2D eigenvalue weighted by molar-refractivity contribution is 7.96. The summed E-state index contributed by atoms with van der Waals surface area (Å²) in [5.41, 5.74) is 1.87. The predicted octanol–water partition coefficient (Wildman–Crippen LogP) is 4.17. The highest BCUT2D eigenvalue weighted by Crippen LogP contribution is 2.55. The summed E-state index contributed by atoms with van der Waals surface area (Å²) in [5.74, 6) is 0. The molecule has 31 heavy (non-hydrogen) atoms. The second-order valence-corrected chi connectivity index (χ2v) is 12.1. The lowest BCUT2D eigenvalue weighted by Gasteiger charge is -2.32. The van der Waals surface area contributed by atoms with Gasteiger partial charge in [-0.15, -0.1) is 0 Å². The van der Waals surface area contributed by atoms with Crippen LogP contribution in [0.5, 0.6) is 0 Å². The molecule has 172 valence electrons. The summed E-state index contributed by atoms with van der Waals surface area (Å²) in [6.45, 7) is 4.22. The molecule has 0 saturated heterocycles. The van der Waals surface area contributed by atoms with Gasteiger partial charge in [0.1, 0.15) is 0 Å². The van der Waals surface area contributed by atoms with Gasteiger partial charge < -0.3 is 13.9 Å². The van der Waals surface area contributed by atoms with Crippen LogP contribution in [-0.2, 0) is 36.7 Å². The van der Waals surface area contributed by atoms with E-state index in [1.54, 1.807) is 20.9 Å². The third-order valence-corrected chi connectivity index (χ3v) is 10.3. The standard InChI is InChI=1S/C22H33N2O5PS/c1-5-28-30(25,29-6-2)22(19-23(3)17-20-13-9-7-10-14-20)31(26,27)24(4)18-21-15-11-8-12-16-21/h7-16,22H,5-6,17-19H2,1-4H3. The molecule has 0 aliphatic heterocycles. The number of hydrogen-bond acceptors (Lipinski definition) is 6. The normalized spacial score (nSPS) is 13.6. The van der Waals surface area contributed by atoms with Gasteiger partial charge in [0.25, 0.3) is 0 Å². The third kappa shape index (κ3) is 7.24. The fraction of sp³-hybridized carbons (Fsp3) is 0.455. The minimum atomic E-state index is -4.01. The molecule has 0 N–H and O–H groups in total. The highest BCUT2D eigenvalue weighted by Gasteiger charge is 2.47.